The number of nitro benzene ring substituents is 1. The Hall–Kier alpha value is -3.50. The van der Waals surface area contributed by atoms with Crippen LogP contribution in [-0.2, 0) is 20.9 Å². The number of hydrogen-bond acceptors (Lipinski definition) is 8. The second-order valence-electron chi connectivity index (χ2n) is 10.1. The van der Waals surface area contributed by atoms with Crippen molar-refractivity contribution in [3.05, 3.63) is 84.7 Å². The van der Waals surface area contributed by atoms with Gasteiger partial charge in [-0.25, -0.2) is 0 Å². The number of hydrogen-bond donors (Lipinski definition) is 0. The number of ether oxygens (including phenoxy) is 3. The Kier molecular flexibility index (Phi) is 8.37. The van der Waals surface area contributed by atoms with Crippen molar-refractivity contribution < 1.29 is 28.7 Å². The quantitative estimate of drug-likeness (QED) is 0.251. The Bertz CT molecular complexity index is 1390. The van der Waals surface area contributed by atoms with Crippen LogP contribution in [-0.4, -0.2) is 48.8 Å². The van der Waals surface area contributed by atoms with E-state index in [-0.39, 0.29) is 23.9 Å². The summed E-state index contributed by atoms with van der Waals surface area (Å²) in [5, 5.41) is 11.2. The van der Waals surface area contributed by atoms with Gasteiger partial charge in [-0.1, -0.05) is 12.1 Å². The van der Waals surface area contributed by atoms with Gasteiger partial charge < -0.3 is 19.1 Å². The zero-order chi connectivity index (χ0) is 28.4. The van der Waals surface area contributed by atoms with Gasteiger partial charge in [-0.05, 0) is 64.9 Å². The molecule has 0 N–H and O–H groups in total. The molecule has 1 heterocycles. The highest BCUT2D eigenvalue weighted by molar-refractivity contribution is 9.10. The average molecular weight is 611 g/mol. The number of carbonyl (C=O) groups excluding carboxylic acids is 2. The highest BCUT2D eigenvalue weighted by Crippen LogP contribution is 2.51. The predicted molar refractivity (Wildman–Crippen MR) is 151 cm³/mol. The standard InChI is InChI=1S/C30H31BrN2O7/c1-38-13-12-32-22-8-4-10-24(34)28(22)27(29-23(32)9-5-11-25(29)35)19-15-21(31)30(26(16-19)39-2)40-17-18-6-3-7-20(14-18)33(36)37/h3,6-7,14-16,27H,4-5,8-13,17H2,1-2H3. The van der Waals surface area contributed by atoms with E-state index in [1.54, 1.807) is 19.2 Å². The summed E-state index contributed by atoms with van der Waals surface area (Å²) in [5.41, 5.74) is 4.78. The second-order valence-corrected chi connectivity index (χ2v) is 11.0. The van der Waals surface area contributed by atoms with Gasteiger partial charge in [0.05, 0.1) is 23.1 Å². The van der Waals surface area contributed by atoms with E-state index in [0.717, 1.165) is 42.6 Å². The molecule has 0 unspecified atom stereocenters. The molecular formula is C30H31BrN2O7. The number of Topliss-reactive ketones (excluding diaryl/α,β-unsaturated/α-hetero) is 2. The van der Waals surface area contributed by atoms with Crippen molar-refractivity contribution in [1.82, 2.24) is 4.90 Å². The highest BCUT2D eigenvalue weighted by Gasteiger charge is 2.43. The van der Waals surface area contributed by atoms with Gasteiger partial charge >= 0.3 is 0 Å². The minimum Gasteiger partial charge on any atom is -0.493 e. The van der Waals surface area contributed by atoms with Crippen LogP contribution in [0.2, 0.25) is 0 Å². The topological polar surface area (TPSA) is 108 Å². The monoisotopic (exact) mass is 610 g/mol. The Morgan fingerprint density at radius 2 is 1.68 bits per heavy atom. The Morgan fingerprint density at radius 3 is 2.27 bits per heavy atom. The van der Waals surface area contributed by atoms with E-state index >= 15 is 0 Å². The van der Waals surface area contributed by atoms with Gasteiger partial charge in [0.25, 0.3) is 5.69 Å². The summed E-state index contributed by atoms with van der Waals surface area (Å²) in [7, 11) is 3.19. The fourth-order valence-electron chi connectivity index (χ4n) is 5.96. The van der Waals surface area contributed by atoms with Crippen LogP contribution >= 0.6 is 15.9 Å². The molecular weight excluding hydrogens is 580 g/mol. The molecule has 0 bridgehead atoms. The molecule has 0 fully saturated rings. The number of nitro groups is 1. The fraction of sp³-hybridized carbons (Fsp3) is 0.400. The van der Waals surface area contributed by atoms with Crippen LogP contribution < -0.4 is 9.47 Å². The number of carbonyl (C=O) groups is 2. The number of non-ortho nitro benzene ring substituents is 1. The van der Waals surface area contributed by atoms with Crippen LogP contribution in [0.15, 0.2) is 63.4 Å². The molecule has 0 saturated carbocycles. The predicted octanol–water partition coefficient (Wildman–Crippen LogP) is 6.00. The van der Waals surface area contributed by atoms with Gasteiger partial charge in [-0.3, -0.25) is 19.7 Å². The lowest BCUT2D eigenvalue weighted by molar-refractivity contribution is -0.384. The molecule has 10 heteroatoms. The van der Waals surface area contributed by atoms with E-state index in [1.165, 1.54) is 19.2 Å². The molecule has 0 saturated heterocycles. The third kappa shape index (κ3) is 5.30. The molecule has 0 amide bonds. The Balaban J connectivity index is 1.56. The van der Waals surface area contributed by atoms with Crippen molar-refractivity contribution in [2.75, 3.05) is 27.4 Å². The zero-order valence-corrected chi connectivity index (χ0v) is 24.1. The summed E-state index contributed by atoms with van der Waals surface area (Å²) in [5.74, 6) is 0.524. The van der Waals surface area contributed by atoms with Crippen LogP contribution in [0, 0.1) is 10.1 Å². The number of allylic oxidation sites excluding steroid dienone is 4. The molecule has 5 rings (SSSR count). The molecule has 0 aromatic heterocycles. The summed E-state index contributed by atoms with van der Waals surface area (Å²) >= 11 is 3.63. The third-order valence-corrected chi connectivity index (χ3v) is 8.28. The van der Waals surface area contributed by atoms with Crippen LogP contribution in [0.3, 0.4) is 0 Å². The molecule has 3 aliphatic rings. The maximum atomic E-state index is 13.5. The van der Waals surface area contributed by atoms with Gasteiger partial charge in [0.2, 0.25) is 0 Å². The van der Waals surface area contributed by atoms with Crippen molar-refractivity contribution in [3.8, 4) is 11.5 Å². The third-order valence-electron chi connectivity index (χ3n) is 7.70. The molecule has 9 nitrogen and oxygen atoms in total. The van der Waals surface area contributed by atoms with E-state index in [9.17, 15) is 19.7 Å². The number of ketones is 2. The van der Waals surface area contributed by atoms with Gasteiger partial charge in [-0.15, -0.1) is 0 Å². The van der Waals surface area contributed by atoms with Crippen molar-refractivity contribution >= 4 is 33.2 Å². The first-order valence-corrected chi connectivity index (χ1v) is 14.2. The number of nitrogens with zero attached hydrogens (tertiary/aromatic N) is 2. The fourth-order valence-corrected chi connectivity index (χ4v) is 6.54. The molecule has 40 heavy (non-hydrogen) atoms. The van der Waals surface area contributed by atoms with Crippen molar-refractivity contribution in [1.29, 1.82) is 0 Å². The van der Waals surface area contributed by atoms with Gasteiger partial charge in [0.15, 0.2) is 23.1 Å². The number of benzene rings is 2. The van der Waals surface area contributed by atoms with Crippen molar-refractivity contribution in [2.45, 2.75) is 51.0 Å². The molecule has 1 aliphatic heterocycles. The first-order valence-electron chi connectivity index (χ1n) is 13.4. The minimum atomic E-state index is -0.486. The van der Waals surface area contributed by atoms with E-state index in [4.69, 9.17) is 14.2 Å². The van der Waals surface area contributed by atoms with E-state index < -0.39 is 10.8 Å². The zero-order valence-electron chi connectivity index (χ0n) is 22.5. The molecule has 2 aromatic rings. The lowest BCUT2D eigenvalue weighted by atomic mass is 9.71. The van der Waals surface area contributed by atoms with Crippen molar-refractivity contribution in [3.63, 3.8) is 0 Å². The molecule has 0 spiro atoms. The summed E-state index contributed by atoms with van der Waals surface area (Å²) in [6.45, 7) is 1.19. The molecule has 2 aromatic carbocycles. The van der Waals surface area contributed by atoms with E-state index in [0.29, 0.717) is 58.7 Å². The first kappa shape index (κ1) is 28.0. The summed E-state index contributed by atoms with van der Waals surface area (Å²) in [6, 6.07) is 9.99. The van der Waals surface area contributed by atoms with Crippen LogP contribution in [0.25, 0.3) is 0 Å². The summed E-state index contributed by atoms with van der Waals surface area (Å²) in [6.07, 6.45) is 4.01. The first-order chi connectivity index (χ1) is 19.3. The van der Waals surface area contributed by atoms with Gasteiger partial charge in [-0.2, -0.15) is 0 Å². The van der Waals surface area contributed by atoms with Crippen LogP contribution in [0.4, 0.5) is 5.69 Å². The highest BCUT2D eigenvalue weighted by atomic mass is 79.9. The van der Waals surface area contributed by atoms with Gasteiger partial charge in [0.1, 0.15) is 6.61 Å². The smallest absolute Gasteiger partial charge is 0.269 e. The van der Waals surface area contributed by atoms with Gasteiger partial charge in [0, 0.05) is 67.1 Å². The Labute approximate surface area is 241 Å². The van der Waals surface area contributed by atoms with Crippen molar-refractivity contribution in [2.24, 2.45) is 0 Å². The Morgan fingerprint density at radius 1 is 1.00 bits per heavy atom. The summed E-state index contributed by atoms with van der Waals surface area (Å²) < 4.78 is 17.8. The second kappa shape index (κ2) is 11.9. The number of methoxy groups -OCH3 is 2. The normalized spacial score (nSPS) is 17.6. The number of halogens is 1. The summed E-state index contributed by atoms with van der Waals surface area (Å²) in [4.78, 5) is 39.9. The molecule has 2 aliphatic carbocycles. The van der Waals surface area contributed by atoms with E-state index in [1.807, 2.05) is 12.1 Å². The van der Waals surface area contributed by atoms with Crippen LogP contribution in [0.5, 0.6) is 11.5 Å². The average Bonchev–Trinajstić information content (AvgIpc) is 2.95. The lowest BCUT2D eigenvalue weighted by Gasteiger charge is -2.44. The minimum absolute atomic E-state index is 0.0122. The largest absolute Gasteiger partial charge is 0.493 e. The lowest BCUT2D eigenvalue weighted by Crippen LogP contribution is -2.40. The SMILES string of the molecule is COCCN1C2=C(C(=O)CCC2)C(c2cc(Br)c(OCc3cccc([N+](=O)[O-])c3)c(OC)c2)C2=C1CCCC2=O. The molecule has 210 valence electrons. The maximum absolute atomic E-state index is 13.5. The van der Waals surface area contributed by atoms with Crippen LogP contribution in [0.1, 0.15) is 55.6 Å². The van der Waals surface area contributed by atoms with E-state index in [2.05, 4.69) is 20.8 Å². The maximum Gasteiger partial charge on any atom is 0.269 e. The molecule has 0 atom stereocenters. The number of rotatable bonds is 9. The molecule has 0 radical (unpaired) electrons.